The molecule has 1 amide bonds. The van der Waals surface area contributed by atoms with Crippen LogP contribution in [0.2, 0.25) is 0 Å². The van der Waals surface area contributed by atoms with E-state index >= 15 is 0 Å². The van der Waals surface area contributed by atoms with Crippen LogP contribution < -0.4 is 11.1 Å². The number of carbonyl (C=O) groups excluding carboxylic acids is 1. The van der Waals surface area contributed by atoms with Crippen molar-refractivity contribution in [2.45, 2.75) is 39.2 Å². The predicted octanol–water partition coefficient (Wildman–Crippen LogP) is 0.249. The molecule has 0 aromatic rings. The topological polar surface area (TPSA) is 75.3 Å². The number of nitrogens with two attached hydrogens (primary N) is 1. The molecule has 84 valence electrons. The molecule has 0 saturated heterocycles. The summed E-state index contributed by atoms with van der Waals surface area (Å²) in [6, 6.07) is 0.0489. The number of aliphatic hydroxyl groups excluding tert-OH is 1. The SMILES string of the molecule is CC(CCO)NC(=O)C(C)CCCN. The number of hydrogen-bond acceptors (Lipinski definition) is 3. The van der Waals surface area contributed by atoms with Crippen molar-refractivity contribution in [1.29, 1.82) is 0 Å². The van der Waals surface area contributed by atoms with Crippen molar-refractivity contribution in [3.05, 3.63) is 0 Å². The van der Waals surface area contributed by atoms with Crippen molar-refractivity contribution in [3.63, 3.8) is 0 Å². The van der Waals surface area contributed by atoms with Crippen molar-refractivity contribution >= 4 is 5.91 Å². The van der Waals surface area contributed by atoms with E-state index in [9.17, 15) is 4.79 Å². The van der Waals surface area contributed by atoms with Gasteiger partial charge in [0.1, 0.15) is 0 Å². The van der Waals surface area contributed by atoms with E-state index in [4.69, 9.17) is 10.8 Å². The van der Waals surface area contributed by atoms with Gasteiger partial charge in [0.05, 0.1) is 0 Å². The van der Waals surface area contributed by atoms with Crippen LogP contribution in [0.25, 0.3) is 0 Å². The minimum atomic E-state index is 0.0136. The minimum absolute atomic E-state index is 0.0136. The van der Waals surface area contributed by atoms with Gasteiger partial charge in [0, 0.05) is 18.6 Å². The van der Waals surface area contributed by atoms with Crippen molar-refractivity contribution in [1.82, 2.24) is 5.32 Å². The maximum atomic E-state index is 11.5. The Bertz CT molecular complexity index is 162. The molecule has 4 heteroatoms. The lowest BCUT2D eigenvalue weighted by molar-refractivity contribution is -0.125. The Labute approximate surface area is 85.9 Å². The smallest absolute Gasteiger partial charge is 0.223 e. The van der Waals surface area contributed by atoms with E-state index in [0.29, 0.717) is 13.0 Å². The van der Waals surface area contributed by atoms with E-state index in [-0.39, 0.29) is 24.5 Å². The lowest BCUT2D eigenvalue weighted by Gasteiger charge is -2.16. The molecule has 0 heterocycles. The maximum absolute atomic E-state index is 11.5. The highest BCUT2D eigenvalue weighted by atomic mass is 16.3. The van der Waals surface area contributed by atoms with Crippen LogP contribution in [0.4, 0.5) is 0 Å². The van der Waals surface area contributed by atoms with E-state index in [1.165, 1.54) is 0 Å². The van der Waals surface area contributed by atoms with Gasteiger partial charge in [-0.2, -0.15) is 0 Å². The fraction of sp³-hybridized carbons (Fsp3) is 0.900. The van der Waals surface area contributed by atoms with Crippen LogP contribution in [0, 0.1) is 5.92 Å². The van der Waals surface area contributed by atoms with Crippen molar-refractivity contribution in [2.75, 3.05) is 13.2 Å². The maximum Gasteiger partial charge on any atom is 0.223 e. The summed E-state index contributed by atoms with van der Waals surface area (Å²) in [4.78, 5) is 11.5. The summed E-state index contributed by atoms with van der Waals surface area (Å²) in [7, 11) is 0. The molecule has 2 unspecified atom stereocenters. The third-order valence-corrected chi connectivity index (χ3v) is 2.24. The van der Waals surface area contributed by atoms with Gasteiger partial charge in [-0.15, -0.1) is 0 Å². The van der Waals surface area contributed by atoms with Gasteiger partial charge in [0.25, 0.3) is 0 Å². The van der Waals surface area contributed by atoms with Crippen LogP contribution in [0.5, 0.6) is 0 Å². The van der Waals surface area contributed by atoms with Crippen molar-refractivity contribution < 1.29 is 9.90 Å². The van der Waals surface area contributed by atoms with E-state index in [0.717, 1.165) is 12.8 Å². The molecule has 0 aromatic carbocycles. The lowest BCUT2D eigenvalue weighted by atomic mass is 10.0. The van der Waals surface area contributed by atoms with Crippen LogP contribution in [-0.2, 0) is 4.79 Å². The van der Waals surface area contributed by atoms with Gasteiger partial charge in [0.15, 0.2) is 0 Å². The Kier molecular flexibility index (Phi) is 7.42. The number of rotatable bonds is 7. The summed E-state index contributed by atoms with van der Waals surface area (Å²) in [5.41, 5.74) is 5.36. The first-order valence-corrected chi connectivity index (χ1v) is 5.23. The summed E-state index contributed by atoms with van der Waals surface area (Å²) in [5, 5.41) is 11.5. The third-order valence-electron chi connectivity index (χ3n) is 2.24. The highest BCUT2D eigenvalue weighted by Gasteiger charge is 2.13. The van der Waals surface area contributed by atoms with E-state index < -0.39 is 0 Å². The van der Waals surface area contributed by atoms with E-state index in [1.54, 1.807) is 0 Å². The zero-order chi connectivity index (χ0) is 11.0. The van der Waals surface area contributed by atoms with Gasteiger partial charge in [-0.3, -0.25) is 4.79 Å². The molecule has 0 rings (SSSR count). The monoisotopic (exact) mass is 202 g/mol. The van der Waals surface area contributed by atoms with Crippen LogP contribution in [-0.4, -0.2) is 30.2 Å². The highest BCUT2D eigenvalue weighted by molar-refractivity contribution is 5.78. The Hall–Kier alpha value is -0.610. The first-order valence-electron chi connectivity index (χ1n) is 5.23. The molecule has 0 saturated carbocycles. The quantitative estimate of drug-likeness (QED) is 0.554. The van der Waals surface area contributed by atoms with E-state index in [1.807, 2.05) is 13.8 Å². The Morgan fingerprint density at radius 1 is 1.43 bits per heavy atom. The molecule has 0 aromatic heterocycles. The van der Waals surface area contributed by atoms with Crippen LogP contribution in [0.15, 0.2) is 0 Å². The summed E-state index contributed by atoms with van der Waals surface area (Å²) in [6.07, 6.45) is 2.31. The second-order valence-corrected chi connectivity index (χ2v) is 3.75. The Morgan fingerprint density at radius 3 is 2.57 bits per heavy atom. The first kappa shape index (κ1) is 13.4. The zero-order valence-corrected chi connectivity index (χ0v) is 9.12. The zero-order valence-electron chi connectivity index (χ0n) is 9.12. The second kappa shape index (κ2) is 7.76. The van der Waals surface area contributed by atoms with Crippen molar-refractivity contribution in [2.24, 2.45) is 11.7 Å². The molecule has 0 radical (unpaired) electrons. The Balaban J connectivity index is 3.71. The molecule has 4 nitrogen and oxygen atoms in total. The van der Waals surface area contributed by atoms with Crippen LogP contribution >= 0.6 is 0 Å². The number of hydrogen-bond donors (Lipinski definition) is 3. The normalized spacial score (nSPS) is 14.9. The number of amides is 1. The van der Waals surface area contributed by atoms with Gasteiger partial charge in [0.2, 0.25) is 5.91 Å². The molecule has 14 heavy (non-hydrogen) atoms. The van der Waals surface area contributed by atoms with E-state index in [2.05, 4.69) is 5.32 Å². The summed E-state index contributed by atoms with van der Waals surface area (Å²) in [5.74, 6) is 0.0686. The summed E-state index contributed by atoms with van der Waals surface area (Å²) in [6.45, 7) is 4.53. The number of carbonyl (C=O) groups is 1. The van der Waals surface area contributed by atoms with Gasteiger partial charge in [-0.25, -0.2) is 0 Å². The first-order chi connectivity index (χ1) is 6.61. The third kappa shape index (κ3) is 5.94. The molecule has 0 aliphatic carbocycles. The average molecular weight is 202 g/mol. The molecule has 0 fully saturated rings. The summed E-state index contributed by atoms with van der Waals surface area (Å²) >= 11 is 0. The molecular formula is C10H22N2O2. The fourth-order valence-corrected chi connectivity index (χ4v) is 1.21. The van der Waals surface area contributed by atoms with Crippen LogP contribution in [0.3, 0.4) is 0 Å². The number of nitrogens with one attached hydrogen (secondary N) is 1. The molecule has 0 bridgehead atoms. The Morgan fingerprint density at radius 2 is 2.07 bits per heavy atom. The molecule has 0 spiro atoms. The molecule has 2 atom stereocenters. The predicted molar refractivity (Wildman–Crippen MR) is 56.8 cm³/mol. The fourth-order valence-electron chi connectivity index (χ4n) is 1.21. The van der Waals surface area contributed by atoms with Crippen molar-refractivity contribution in [3.8, 4) is 0 Å². The standard InChI is InChI=1S/C10H22N2O2/c1-8(4-3-6-11)10(14)12-9(2)5-7-13/h8-9,13H,3-7,11H2,1-2H3,(H,12,14). The summed E-state index contributed by atoms with van der Waals surface area (Å²) < 4.78 is 0. The number of aliphatic hydroxyl groups is 1. The average Bonchev–Trinajstić information content (AvgIpc) is 2.14. The van der Waals surface area contributed by atoms with Gasteiger partial charge in [-0.1, -0.05) is 6.92 Å². The van der Waals surface area contributed by atoms with Gasteiger partial charge >= 0.3 is 0 Å². The molecule has 0 aliphatic heterocycles. The molecular weight excluding hydrogens is 180 g/mol. The van der Waals surface area contributed by atoms with Gasteiger partial charge in [-0.05, 0) is 32.7 Å². The minimum Gasteiger partial charge on any atom is -0.396 e. The second-order valence-electron chi connectivity index (χ2n) is 3.75. The van der Waals surface area contributed by atoms with Gasteiger partial charge < -0.3 is 16.2 Å². The lowest BCUT2D eigenvalue weighted by Crippen LogP contribution is -2.37. The largest absolute Gasteiger partial charge is 0.396 e. The molecule has 0 aliphatic rings. The highest BCUT2D eigenvalue weighted by Crippen LogP contribution is 2.05. The molecule has 4 N–H and O–H groups in total. The van der Waals surface area contributed by atoms with Crippen LogP contribution in [0.1, 0.15) is 33.1 Å².